The molecule has 1 aliphatic rings. The SMILES string of the molecule is Cc1ccc(NC(=O)NCC2CCCN(C(=O)Cn3ccc(=O)n(C)c3=O)C2)cc1. The molecule has 0 bridgehead atoms. The number of anilines is 1. The summed E-state index contributed by atoms with van der Waals surface area (Å²) >= 11 is 0. The number of benzene rings is 1. The van der Waals surface area contributed by atoms with E-state index in [0.29, 0.717) is 19.6 Å². The van der Waals surface area contributed by atoms with Gasteiger partial charge in [0.05, 0.1) is 0 Å². The number of carbonyl (C=O) groups is 2. The van der Waals surface area contributed by atoms with E-state index in [9.17, 15) is 19.2 Å². The molecule has 3 amide bonds. The zero-order chi connectivity index (χ0) is 21.7. The second kappa shape index (κ2) is 9.43. The first-order chi connectivity index (χ1) is 14.3. The Hall–Kier alpha value is -3.36. The van der Waals surface area contributed by atoms with Crippen LogP contribution in [-0.4, -0.2) is 45.6 Å². The largest absolute Gasteiger partial charge is 0.341 e. The fourth-order valence-electron chi connectivity index (χ4n) is 3.49. The number of aromatic nitrogens is 2. The molecule has 30 heavy (non-hydrogen) atoms. The smallest absolute Gasteiger partial charge is 0.331 e. The minimum Gasteiger partial charge on any atom is -0.341 e. The topological polar surface area (TPSA) is 105 Å². The molecule has 0 spiro atoms. The lowest BCUT2D eigenvalue weighted by molar-refractivity contribution is -0.133. The van der Waals surface area contributed by atoms with Crippen LogP contribution in [0.15, 0.2) is 46.1 Å². The molecule has 0 saturated carbocycles. The van der Waals surface area contributed by atoms with Crippen LogP contribution in [0.4, 0.5) is 10.5 Å². The second-order valence-electron chi connectivity index (χ2n) is 7.67. The van der Waals surface area contributed by atoms with Crippen LogP contribution in [0.25, 0.3) is 0 Å². The van der Waals surface area contributed by atoms with Gasteiger partial charge in [0.15, 0.2) is 0 Å². The van der Waals surface area contributed by atoms with Crippen molar-refractivity contribution < 1.29 is 9.59 Å². The summed E-state index contributed by atoms with van der Waals surface area (Å²) < 4.78 is 2.21. The summed E-state index contributed by atoms with van der Waals surface area (Å²) in [7, 11) is 1.38. The maximum atomic E-state index is 12.6. The monoisotopic (exact) mass is 413 g/mol. The first-order valence-corrected chi connectivity index (χ1v) is 9.99. The number of aryl methyl sites for hydroxylation is 1. The minimum atomic E-state index is -0.515. The molecule has 1 aromatic carbocycles. The number of amides is 3. The molecular formula is C21H27N5O4. The average molecular weight is 413 g/mol. The van der Waals surface area contributed by atoms with Crippen LogP contribution in [0.2, 0.25) is 0 Å². The van der Waals surface area contributed by atoms with Gasteiger partial charge in [0.1, 0.15) is 6.54 Å². The van der Waals surface area contributed by atoms with Gasteiger partial charge in [-0.05, 0) is 37.8 Å². The van der Waals surface area contributed by atoms with Gasteiger partial charge >= 0.3 is 11.7 Å². The summed E-state index contributed by atoms with van der Waals surface area (Å²) in [6.45, 7) is 3.47. The van der Waals surface area contributed by atoms with Gasteiger partial charge in [-0.1, -0.05) is 17.7 Å². The van der Waals surface area contributed by atoms with Gasteiger partial charge in [-0.15, -0.1) is 0 Å². The lowest BCUT2D eigenvalue weighted by atomic mass is 9.98. The first kappa shape index (κ1) is 21.4. The average Bonchev–Trinajstić information content (AvgIpc) is 2.74. The van der Waals surface area contributed by atoms with Crippen LogP contribution in [0.1, 0.15) is 18.4 Å². The highest BCUT2D eigenvalue weighted by Crippen LogP contribution is 2.16. The number of nitrogens with one attached hydrogen (secondary N) is 2. The van der Waals surface area contributed by atoms with Gasteiger partial charge in [-0.2, -0.15) is 0 Å². The third-order valence-electron chi connectivity index (χ3n) is 5.30. The molecule has 1 saturated heterocycles. The molecule has 1 aliphatic heterocycles. The Morgan fingerprint density at radius 2 is 1.87 bits per heavy atom. The van der Waals surface area contributed by atoms with Gasteiger partial charge < -0.3 is 15.5 Å². The third-order valence-corrected chi connectivity index (χ3v) is 5.30. The highest BCUT2D eigenvalue weighted by atomic mass is 16.2. The number of piperidine rings is 1. The highest BCUT2D eigenvalue weighted by molar-refractivity contribution is 5.89. The molecule has 160 valence electrons. The van der Waals surface area contributed by atoms with Crippen molar-refractivity contribution in [2.75, 3.05) is 25.0 Å². The zero-order valence-electron chi connectivity index (χ0n) is 17.3. The number of nitrogens with zero attached hydrogens (tertiary/aromatic N) is 3. The summed E-state index contributed by atoms with van der Waals surface area (Å²) in [6, 6.07) is 8.53. The van der Waals surface area contributed by atoms with E-state index in [1.807, 2.05) is 31.2 Å². The molecule has 3 rings (SSSR count). The Bertz CT molecular complexity index is 1020. The normalized spacial score (nSPS) is 16.2. The van der Waals surface area contributed by atoms with Gasteiger partial charge in [0.2, 0.25) is 5.91 Å². The second-order valence-corrected chi connectivity index (χ2v) is 7.67. The maximum absolute atomic E-state index is 12.6. The van der Waals surface area contributed by atoms with E-state index in [1.165, 1.54) is 23.9 Å². The van der Waals surface area contributed by atoms with Crippen LogP contribution in [0, 0.1) is 12.8 Å². The number of hydrogen-bond donors (Lipinski definition) is 2. The molecule has 2 N–H and O–H groups in total. The zero-order valence-corrected chi connectivity index (χ0v) is 17.3. The third kappa shape index (κ3) is 5.37. The van der Waals surface area contributed by atoms with Crippen molar-refractivity contribution in [3.8, 4) is 0 Å². The fraction of sp³-hybridized carbons (Fsp3) is 0.429. The molecular weight excluding hydrogens is 386 g/mol. The Balaban J connectivity index is 1.51. The number of carbonyl (C=O) groups excluding carboxylic acids is 2. The van der Waals surface area contributed by atoms with E-state index in [-0.39, 0.29) is 24.4 Å². The molecule has 0 aliphatic carbocycles. The van der Waals surface area contributed by atoms with Crippen LogP contribution in [0.5, 0.6) is 0 Å². The summed E-state index contributed by atoms with van der Waals surface area (Å²) in [4.78, 5) is 50.1. The summed E-state index contributed by atoms with van der Waals surface area (Å²) in [5.41, 5.74) is 0.921. The predicted octanol–water partition coefficient (Wildman–Crippen LogP) is 0.916. The van der Waals surface area contributed by atoms with Crippen molar-refractivity contribution in [2.45, 2.75) is 26.3 Å². The predicted molar refractivity (Wildman–Crippen MR) is 113 cm³/mol. The summed E-state index contributed by atoms with van der Waals surface area (Å²) in [5.74, 6) is -0.0344. The van der Waals surface area contributed by atoms with E-state index >= 15 is 0 Å². The molecule has 0 radical (unpaired) electrons. The summed E-state index contributed by atoms with van der Waals surface area (Å²) in [5, 5.41) is 5.66. The van der Waals surface area contributed by atoms with Crippen LogP contribution in [-0.2, 0) is 18.4 Å². The van der Waals surface area contributed by atoms with Crippen molar-refractivity contribution in [2.24, 2.45) is 13.0 Å². The Morgan fingerprint density at radius 3 is 2.60 bits per heavy atom. The number of hydrogen-bond acceptors (Lipinski definition) is 4. The van der Waals surface area contributed by atoms with E-state index in [0.717, 1.165) is 28.7 Å². The van der Waals surface area contributed by atoms with E-state index in [2.05, 4.69) is 10.6 Å². The van der Waals surface area contributed by atoms with Crippen molar-refractivity contribution >= 4 is 17.6 Å². The lowest BCUT2D eigenvalue weighted by Gasteiger charge is -2.33. The van der Waals surface area contributed by atoms with Gasteiger partial charge in [-0.25, -0.2) is 9.59 Å². The van der Waals surface area contributed by atoms with E-state index < -0.39 is 11.2 Å². The van der Waals surface area contributed by atoms with Crippen molar-refractivity contribution in [3.05, 3.63) is 62.9 Å². The standard InChI is InChI=1S/C21H27N5O4/c1-15-5-7-17(8-6-15)23-20(29)22-12-16-4-3-10-25(13-16)19(28)14-26-11-9-18(27)24(2)21(26)30/h5-9,11,16H,3-4,10,12-14H2,1-2H3,(H2,22,23,29). The molecule has 9 nitrogen and oxygen atoms in total. The van der Waals surface area contributed by atoms with Crippen molar-refractivity contribution in [1.82, 2.24) is 19.4 Å². The van der Waals surface area contributed by atoms with Gasteiger partial charge in [0.25, 0.3) is 5.56 Å². The molecule has 1 aromatic heterocycles. The quantitative estimate of drug-likeness (QED) is 0.760. The van der Waals surface area contributed by atoms with Crippen LogP contribution in [0.3, 0.4) is 0 Å². The van der Waals surface area contributed by atoms with Crippen LogP contribution >= 0.6 is 0 Å². The lowest BCUT2D eigenvalue weighted by Crippen LogP contribution is -2.47. The molecule has 1 fully saturated rings. The number of urea groups is 1. The molecule has 1 unspecified atom stereocenters. The Labute approximate surface area is 174 Å². The molecule has 2 heterocycles. The van der Waals surface area contributed by atoms with E-state index in [1.54, 1.807) is 4.90 Å². The Morgan fingerprint density at radius 1 is 1.13 bits per heavy atom. The first-order valence-electron chi connectivity index (χ1n) is 9.99. The number of likely N-dealkylation sites (tertiary alicyclic amines) is 1. The highest BCUT2D eigenvalue weighted by Gasteiger charge is 2.24. The Kier molecular flexibility index (Phi) is 6.71. The maximum Gasteiger partial charge on any atom is 0.331 e. The minimum absolute atomic E-state index is 0.110. The number of rotatable bonds is 5. The van der Waals surface area contributed by atoms with Gasteiger partial charge in [-0.3, -0.25) is 18.7 Å². The molecule has 2 aromatic rings. The fourth-order valence-corrected chi connectivity index (χ4v) is 3.49. The van der Waals surface area contributed by atoms with Crippen LogP contribution < -0.4 is 21.9 Å². The van der Waals surface area contributed by atoms with E-state index in [4.69, 9.17) is 0 Å². The summed E-state index contributed by atoms with van der Waals surface area (Å²) in [6.07, 6.45) is 3.09. The molecule has 9 heteroatoms. The van der Waals surface area contributed by atoms with Gasteiger partial charge in [0, 0.05) is 44.6 Å². The molecule has 1 atom stereocenters. The van der Waals surface area contributed by atoms with Crippen molar-refractivity contribution in [1.29, 1.82) is 0 Å². The van der Waals surface area contributed by atoms with Crippen molar-refractivity contribution in [3.63, 3.8) is 0 Å².